The van der Waals surface area contributed by atoms with Crippen LogP contribution in [0.5, 0.6) is 0 Å². The number of nitrogens with one attached hydrogen (secondary N) is 1. The maximum absolute atomic E-state index is 11.1. The molecule has 0 aliphatic carbocycles. The van der Waals surface area contributed by atoms with Crippen LogP contribution in [-0.2, 0) is 17.6 Å². The van der Waals surface area contributed by atoms with Gasteiger partial charge >= 0.3 is 0 Å². The molecule has 2 heteroatoms. The molecule has 0 saturated carbocycles. The fourth-order valence-corrected chi connectivity index (χ4v) is 1.59. The molecule has 0 spiro atoms. The standard InChI is InChI=1S/C11H12NO/c1-2-8-3-5-10-9(7-8)4-6-11(13)12-10/h3,5,7H,1-2,4,6H2,(H,12,13). The Bertz CT molecular complexity index is 344. The first-order chi connectivity index (χ1) is 6.29. The SMILES string of the molecule is [CH2]Cc1ccc2c(c1)CCC(=O)N2. The molecule has 0 saturated heterocycles. The van der Waals surface area contributed by atoms with E-state index in [1.807, 2.05) is 12.1 Å². The monoisotopic (exact) mass is 174 g/mol. The highest BCUT2D eigenvalue weighted by Gasteiger charge is 2.13. The van der Waals surface area contributed by atoms with E-state index in [-0.39, 0.29) is 5.91 Å². The van der Waals surface area contributed by atoms with Gasteiger partial charge in [0.25, 0.3) is 0 Å². The van der Waals surface area contributed by atoms with E-state index in [4.69, 9.17) is 0 Å². The van der Waals surface area contributed by atoms with Crippen molar-refractivity contribution in [2.45, 2.75) is 19.3 Å². The number of hydrogen-bond donors (Lipinski definition) is 1. The van der Waals surface area contributed by atoms with Crippen molar-refractivity contribution in [1.82, 2.24) is 0 Å². The summed E-state index contributed by atoms with van der Waals surface area (Å²) in [6.45, 7) is 3.83. The average molecular weight is 174 g/mol. The van der Waals surface area contributed by atoms with Crippen LogP contribution in [0.4, 0.5) is 5.69 Å². The highest BCUT2D eigenvalue weighted by molar-refractivity contribution is 5.93. The van der Waals surface area contributed by atoms with Gasteiger partial charge in [-0.25, -0.2) is 0 Å². The number of rotatable bonds is 1. The first-order valence-corrected chi connectivity index (χ1v) is 4.50. The molecule has 67 valence electrons. The Labute approximate surface area is 78.0 Å². The van der Waals surface area contributed by atoms with E-state index >= 15 is 0 Å². The third-order valence-electron chi connectivity index (χ3n) is 2.35. The normalized spacial score (nSPS) is 15.0. The lowest BCUT2D eigenvalue weighted by Crippen LogP contribution is -2.18. The summed E-state index contributed by atoms with van der Waals surface area (Å²) in [6.07, 6.45) is 2.27. The number of aryl methyl sites for hydroxylation is 1. The Morgan fingerprint density at radius 3 is 3.00 bits per heavy atom. The third-order valence-corrected chi connectivity index (χ3v) is 2.35. The van der Waals surface area contributed by atoms with Crippen molar-refractivity contribution in [1.29, 1.82) is 0 Å². The summed E-state index contributed by atoms with van der Waals surface area (Å²) in [5, 5.41) is 2.85. The number of fused-ring (bicyclic) bond motifs is 1. The van der Waals surface area contributed by atoms with Gasteiger partial charge < -0.3 is 5.32 Å². The van der Waals surface area contributed by atoms with Crippen LogP contribution in [0, 0.1) is 6.92 Å². The molecule has 0 bridgehead atoms. The molecule has 2 rings (SSSR count). The van der Waals surface area contributed by atoms with Gasteiger partial charge in [0.2, 0.25) is 5.91 Å². The summed E-state index contributed by atoms with van der Waals surface area (Å²) in [4.78, 5) is 11.1. The molecule has 0 unspecified atom stereocenters. The maximum atomic E-state index is 11.1. The number of benzene rings is 1. The van der Waals surface area contributed by atoms with Crippen LogP contribution in [0.25, 0.3) is 0 Å². The molecule has 0 aromatic heterocycles. The fourth-order valence-electron chi connectivity index (χ4n) is 1.59. The Balaban J connectivity index is 2.36. The highest BCUT2D eigenvalue weighted by Crippen LogP contribution is 2.23. The third kappa shape index (κ3) is 1.57. The van der Waals surface area contributed by atoms with Crippen LogP contribution in [0.15, 0.2) is 18.2 Å². The van der Waals surface area contributed by atoms with E-state index in [9.17, 15) is 4.79 Å². The quantitative estimate of drug-likeness (QED) is 0.692. The van der Waals surface area contributed by atoms with Crippen LogP contribution in [-0.4, -0.2) is 5.91 Å². The van der Waals surface area contributed by atoms with Gasteiger partial charge in [0.15, 0.2) is 0 Å². The molecule has 1 radical (unpaired) electrons. The molecule has 1 aromatic rings. The molecule has 1 N–H and O–H groups in total. The predicted octanol–water partition coefficient (Wildman–Crippen LogP) is 1.95. The van der Waals surface area contributed by atoms with E-state index in [2.05, 4.69) is 18.3 Å². The van der Waals surface area contributed by atoms with E-state index < -0.39 is 0 Å². The summed E-state index contributed by atoms with van der Waals surface area (Å²) in [6, 6.07) is 6.10. The molecule has 1 heterocycles. The van der Waals surface area contributed by atoms with Gasteiger partial charge in [0.1, 0.15) is 0 Å². The zero-order chi connectivity index (χ0) is 9.26. The van der Waals surface area contributed by atoms with Gasteiger partial charge in [0, 0.05) is 12.1 Å². The van der Waals surface area contributed by atoms with Gasteiger partial charge in [-0.05, 0) is 37.0 Å². The first-order valence-electron chi connectivity index (χ1n) is 4.50. The van der Waals surface area contributed by atoms with Gasteiger partial charge in [-0.3, -0.25) is 4.79 Å². The van der Waals surface area contributed by atoms with Crippen LogP contribution in [0.2, 0.25) is 0 Å². The molecule has 0 atom stereocenters. The largest absolute Gasteiger partial charge is 0.326 e. The van der Waals surface area contributed by atoms with Crippen molar-refractivity contribution < 1.29 is 4.79 Å². The molecule has 2 nitrogen and oxygen atoms in total. The maximum Gasteiger partial charge on any atom is 0.224 e. The summed E-state index contributed by atoms with van der Waals surface area (Å²) in [7, 11) is 0. The first kappa shape index (κ1) is 8.30. The average Bonchev–Trinajstić information content (AvgIpc) is 2.17. The van der Waals surface area contributed by atoms with Crippen molar-refractivity contribution in [2.75, 3.05) is 5.32 Å². The predicted molar refractivity (Wildman–Crippen MR) is 52.5 cm³/mol. The lowest BCUT2D eigenvalue weighted by Gasteiger charge is -2.17. The van der Waals surface area contributed by atoms with Crippen molar-refractivity contribution >= 4 is 11.6 Å². The Morgan fingerprint density at radius 2 is 2.23 bits per heavy atom. The van der Waals surface area contributed by atoms with E-state index in [0.29, 0.717) is 6.42 Å². The van der Waals surface area contributed by atoms with Crippen LogP contribution in [0.3, 0.4) is 0 Å². The van der Waals surface area contributed by atoms with Crippen LogP contribution >= 0.6 is 0 Å². The minimum absolute atomic E-state index is 0.120. The van der Waals surface area contributed by atoms with Crippen molar-refractivity contribution in [3.05, 3.63) is 36.2 Å². The topological polar surface area (TPSA) is 29.1 Å². The van der Waals surface area contributed by atoms with E-state index in [0.717, 1.165) is 18.5 Å². The number of amides is 1. The second-order valence-electron chi connectivity index (χ2n) is 3.29. The summed E-state index contributed by atoms with van der Waals surface area (Å²) in [5.74, 6) is 0.120. The van der Waals surface area contributed by atoms with Crippen LogP contribution < -0.4 is 5.32 Å². The molecule has 0 fully saturated rings. The lowest BCUT2D eigenvalue weighted by atomic mass is 10.00. The fraction of sp³-hybridized carbons (Fsp3) is 0.273. The Morgan fingerprint density at radius 1 is 1.38 bits per heavy atom. The minimum Gasteiger partial charge on any atom is -0.326 e. The number of carbonyl (C=O) groups excluding carboxylic acids is 1. The number of hydrogen-bond acceptors (Lipinski definition) is 1. The molecule has 13 heavy (non-hydrogen) atoms. The second kappa shape index (κ2) is 3.21. The van der Waals surface area contributed by atoms with Gasteiger partial charge in [-0.15, -0.1) is 0 Å². The lowest BCUT2D eigenvalue weighted by molar-refractivity contribution is -0.116. The molecular formula is C11H12NO. The zero-order valence-electron chi connectivity index (χ0n) is 7.47. The number of anilines is 1. The van der Waals surface area contributed by atoms with Crippen LogP contribution in [0.1, 0.15) is 17.5 Å². The molecular weight excluding hydrogens is 162 g/mol. The molecule has 1 amide bonds. The minimum atomic E-state index is 0.120. The van der Waals surface area contributed by atoms with Crippen molar-refractivity contribution in [2.24, 2.45) is 0 Å². The van der Waals surface area contributed by atoms with Gasteiger partial charge in [-0.1, -0.05) is 12.1 Å². The molecule has 1 aromatic carbocycles. The molecule has 1 aliphatic rings. The van der Waals surface area contributed by atoms with Gasteiger partial charge in [-0.2, -0.15) is 0 Å². The van der Waals surface area contributed by atoms with Gasteiger partial charge in [0.05, 0.1) is 0 Å². The molecule has 1 aliphatic heterocycles. The van der Waals surface area contributed by atoms with Crippen molar-refractivity contribution in [3.63, 3.8) is 0 Å². The summed E-state index contributed by atoms with van der Waals surface area (Å²) >= 11 is 0. The second-order valence-corrected chi connectivity index (χ2v) is 3.29. The Kier molecular flexibility index (Phi) is 2.05. The van der Waals surface area contributed by atoms with E-state index in [1.54, 1.807) is 0 Å². The van der Waals surface area contributed by atoms with Crippen molar-refractivity contribution in [3.8, 4) is 0 Å². The van der Waals surface area contributed by atoms with E-state index in [1.165, 1.54) is 11.1 Å². The summed E-state index contributed by atoms with van der Waals surface area (Å²) < 4.78 is 0. The highest BCUT2D eigenvalue weighted by atomic mass is 16.1. The Hall–Kier alpha value is -1.31. The summed E-state index contributed by atoms with van der Waals surface area (Å²) in [5.41, 5.74) is 3.43. The number of carbonyl (C=O) groups is 1. The smallest absolute Gasteiger partial charge is 0.224 e. The zero-order valence-corrected chi connectivity index (χ0v) is 7.47.